The van der Waals surface area contributed by atoms with Gasteiger partial charge in [0, 0.05) is 12.6 Å². The van der Waals surface area contributed by atoms with Gasteiger partial charge >= 0.3 is 11.9 Å². The van der Waals surface area contributed by atoms with Gasteiger partial charge in [-0.2, -0.15) is 0 Å². The summed E-state index contributed by atoms with van der Waals surface area (Å²) in [4.78, 5) is 37.4. The highest BCUT2D eigenvalue weighted by molar-refractivity contribution is 6.34. The summed E-state index contributed by atoms with van der Waals surface area (Å²) >= 11 is 6.17. The smallest absolute Gasteiger partial charge is 0.340 e. The maximum atomic E-state index is 14.3. The van der Waals surface area contributed by atoms with Crippen LogP contribution in [0.2, 0.25) is 5.02 Å². The van der Waals surface area contributed by atoms with Crippen LogP contribution in [0.3, 0.4) is 0 Å². The van der Waals surface area contributed by atoms with Crippen LogP contribution in [0.5, 0.6) is 0 Å². The summed E-state index contributed by atoms with van der Waals surface area (Å²) in [5.74, 6) is -2.65. The van der Waals surface area contributed by atoms with E-state index >= 15 is 0 Å². The summed E-state index contributed by atoms with van der Waals surface area (Å²) in [6.45, 7) is 0.458. The Morgan fingerprint density at radius 3 is 2.02 bits per heavy atom. The molecule has 0 spiro atoms. The zero-order valence-corrected chi connectivity index (χ0v) is 24.9. The Kier molecular flexibility index (Phi) is 10.4. The number of aryl methyl sites for hydroxylation is 2. The van der Waals surface area contributed by atoms with Gasteiger partial charge in [0.15, 0.2) is 0 Å². The van der Waals surface area contributed by atoms with Gasteiger partial charge < -0.3 is 27.5 Å². The number of benzene rings is 3. The number of hydrogen-bond acceptors (Lipinski definition) is 6. The number of rotatable bonds is 3. The Hall–Kier alpha value is -3.53. The van der Waals surface area contributed by atoms with Crippen LogP contribution in [0.25, 0.3) is 0 Å². The third-order valence-corrected chi connectivity index (χ3v) is 8.05. The Morgan fingerprint density at radius 1 is 0.905 bits per heavy atom. The minimum atomic E-state index is -0.694. The first kappa shape index (κ1) is 33.0. The molecule has 0 saturated heterocycles. The largest absolute Gasteiger partial charge is 0.465 e. The molecule has 3 aliphatic rings. The van der Waals surface area contributed by atoms with Crippen LogP contribution in [0.15, 0.2) is 42.5 Å². The molecule has 224 valence electrons. The van der Waals surface area contributed by atoms with Gasteiger partial charge in [0.05, 0.1) is 42.0 Å². The number of fused-ring (bicyclic) bond motifs is 3. The fourth-order valence-corrected chi connectivity index (χ4v) is 5.99. The second-order valence-electron chi connectivity index (χ2n) is 9.95. The number of ether oxygens (including phenoxy) is 2. The molecule has 3 aromatic rings. The van der Waals surface area contributed by atoms with E-state index in [1.165, 1.54) is 32.4 Å². The second kappa shape index (κ2) is 13.2. The fraction of sp³-hybridized carbons (Fsp3) is 0.290. The van der Waals surface area contributed by atoms with E-state index in [0.717, 1.165) is 40.7 Å². The Labute approximate surface area is 254 Å². The van der Waals surface area contributed by atoms with E-state index in [2.05, 4.69) is 9.47 Å². The van der Waals surface area contributed by atoms with E-state index in [1.54, 1.807) is 17.0 Å². The highest BCUT2D eigenvalue weighted by Crippen LogP contribution is 2.42. The lowest BCUT2D eigenvalue weighted by atomic mass is 10.0. The number of nitrogens with zero attached hydrogens (tertiary/aromatic N) is 1. The van der Waals surface area contributed by atoms with Gasteiger partial charge in [-0.25, -0.2) is 18.4 Å². The molecule has 2 N–H and O–H groups in total. The minimum absolute atomic E-state index is 0. The molecule has 0 unspecified atom stereocenters. The quantitative estimate of drug-likeness (QED) is 0.271. The highest BCUT2D eigenvalue weighted by Gasteiger charge is 2.38. The van der Waals surface area contributed by atoms with Crippen molar-refractivity contribution in [1.82, 2.24) is 4.90 Å². The molecule has 0 fully saturated rings. The van der Waals surface area contributed by atoms with Crippen molar-refractivity contribution in [2.24, 2.45) is 5.73 Å². The van der Waals surface area contributed by atoms with Crippen molar-refractivity contribution >= 4 is 41.9 Å². The molecule has 2 aliphatic carbocycles. The third-order valence-electron chi connectivity index (χ3n) is 7.73. The zero-order valence-electron chi connectivity index (χ0n) is 23.3. The van der Waals surface area contributed by atoms with E-state index < -0.39 is 23.6 Å². The number of amides is 1. The molecule has 0 saturated carbocycles. The van der Waals surface area contributed by atoms with Crippen LogP contribution in [0.1, 0.15) is 83.8 Å². The molecule has 0 aromatic heterocycles. The van der Waals surface area contributed by atoms with Gasteiger partial charge in [0.2, 0.25) is 0 Å². The molecule has 11 heteroatoms. The summed E-state index contributed by atoms with van der Waals surface area (Å²) in [7, 11) is 2.46. The molecular formula is C31H31Cl2F2N2O5-. The van der Waals surface area contributed by atoms with Gasteiger partial charge in [0.25, 0.3) is 5.91 Å². The number of nitrogens with two attached hydrogens (primary N) is 1. The lowest BCUT2D eigenvalue weighted by molar-refractivity contribution is 0.0586. The first-order chi connectivity index (χ1) is 19.1. The minimum Gasteiger partial charge on any atom is -0.465 e. The topological polar surface area (TPSA) is 98.9 Å². The maximum absolute atomic E-state index is 14.3. The third kappa shape index (κ3) is 5.86. The van der Waals surface area contributed by atoms with Crippen LogP contribution < -0.4 is 5.73 Å². The molecule has 6 rings (SSSR count). The SMILES string of the molecule is COC(=O)c1cc2c(cc1F)[C@H](N)CC2.COC(=O)c1cc2c(cc1F)[C@H](N1Cc3cccc(Cl)c3C1=O)CC2.Cl.[CH3-]. The number of halogens is 4. The molecule has 1 heterocycles. The summed E-state index contributed by atoms with van der Waals surface area (Å²) < 4.78 is 37.0. The summed E-state index contributed by atoms with van der Waals surface area (Å²) in [6.07, 6.45) is 2.97. The molecule has 1 aliphatic heterocycles. The Bertz CT molecular complexity index is 1550. The molecule has 3 aromatic carbocycles. The number of hydrogen-bond donors (Lipinski definition) is 1. The van der Waals surface area contributed by atoms with Crippen LogP contribution in [-0.2, 0) is 28.9 Å². The summed E-state index contributed by atoms with van der Waals surface area (Å²) in [5, 5.41) is 0.440. The molecule has 0 radical (unpaired) electrons. The number of esters is 2. The monoisotopic (exact) mass is 619 g/mol. The van der Waals surface area contributed by atoms with Gasteiger partial charge in [-0.3, -0.25) is 4.79 Å². The lowest BCUT2D eigenvalue weighted by Crippen LogP contribution is -2.28. The lowest BCUT2D eigenvalue weighted by Gasteiger charge is -2.25. The predicted octanol–water partition coefficient (Wildman–Crippen LogP) is 6.34. The van der Waals surface area contributed by atoms with Crippen molar-refractivity contribution in [3.8, 4) is 0 Å². The average molecular weight is 620 g/mol. The Morgan fingerprint density at radius 2 is 1.45 bits per heavy atom. The molecule has 1 amide bonds. The van der Waals surface area contributed by atoms with Gasteiger partial charge in [0.1, 0.15) is 11.6 Å². The van der Waals surface area contributed by atoms with Crippen molar-refractivity contribution in [2.75, 3.05) is 14.2 Å². The van der Waals surface area contributed by atoms with E-state index in [-0.39, 0.29) is 49.0 Å². The summed E-state index contributed by atoms with van der Waals surface area (Å²) in [6, 6.07) is 10.9. The molecule has 0 bridgehead atoms. The van der Waals surface area contributed by atoms with E-state index in [9.17, 15) is 23.2 Å². The molecule has 7 nitrogen and oxygen atoms in total. The standard InChI is InChI=1S/C19H15ClFNO3.C11H12FNO2.CH3.ClH/c1-25-19(24)13-7-10-5-6-16(12(10)8-15(13)21)22-9-11-3-2-4-14(20)17(11)18(22)23;1-15-11(14)8-4-6-2-3-10(13)7(6)5-9(8)12;;/h2-4,7-8,16H,5-6,9H2,1H3;4-5,10H,2-3,13H2,1H3;1H3;1H/q;;-1;/t16-;10-;;/m11../s1. The molecule has 2 atom stereocenters. The van der Waals surface area contributed by atoms with Crippen molar-refractivity contribution in [2.45, 2.75) is 44.3 Å². The first-order valence-electron chi connectivity index (χ1n) is 12.8. The normalized spacial score (nSPS) is 17.6. The number of carbonyl (C=O) groups is 3. The molecular weight excluding hydrogens is 589 g/mol. The van der Waals surface area contributed by atoms with Crippen LogP contribution in [0.4, 0.5) is 8.78 Å². The number of methoxy groups -OCH3 is 2. The van der Waals surface area contributed by atoms with Crippen molar-refractivity contribution in [1.29, 1.82) is 0 Å². The van der Waals surface area contributed by atoms with E-state index in [1.807, 2.05) is 12.1 Å². The van der Waals surface area contributed by atoms with Crippen molar-refractivity contribution in [3.05, 3.63) is 111 Å². The van der Waals surface area contributed by atoms with Crippen LogP contribution >= 0.6 is 24.0 Å². The first-order valence-corrected chi connectivity index (χ1v) is 13.2. The van der Waals surface area contributed by atoms with Crippen molar-refractivity contribution in [3.63, 3.8) is 0 Å². The van der Waals surface area contributed by atoms with Crippen LogP contribution in [0, 0.1) is 19.1 Å². The van der Waals surface area contributed by atoms with Crippen LogP contribution in [-0.4, -0.2) is 37.0 Å². The molecule has 42 heavy (non-hydrogen) atoms. The van der Waals surface area contributed by atoms with Gasteiger partial charge in [-0.1, -0.05) is 23.7 Å². The second-order valence-corrected chi connectivity index (χ2v) is 10.4. The highest BCUT2D eigenvalue weighted by atomic mass is 35.5. The van der Waals surface area contributed by atoms with Gasteiger partial charge in [-0.05, 0) is 83.8 Å². The van der Waals surface area contributed by atoms with Crippen molar-refractivity contribution < 1.29 is 32.6 Å². The van der Waals surface area contributed by atoms with Gasteiger partial charge in [-0.15, -0.1) is 12.4 Å². The fourth-order valence-electron chi connectivity index (χ4n) is 5.72. The summed E-state index contributed by atoms with van der Waals surface area (Å²) in [5.41, 5.74) is 10.5. The Balaban J connectivity index is 0.000000246. The van der Waals surface area contributed by atoms with E-state index in [0.29, 0.717) is 30.0 Å². The zero-order chi connectivity index (χ0) is 28.7. The average Bonchev–Trinajstić information content (AvgIpc) is 3.62. The predicted molar refractivity (Wildman–Crippen MR) is 157 cm³/mol. The maximum Gasteiger partial charge on any atom is 0.340 e. The van der Waals surface area contributed by atoms with E-state index in [4.69, 9.17) is 17.3 Å². The number of carbonyl (C=O) groups excluding carboxylic acids is 3.